The zero-order valence-electron chi connectivity index (χ0n) is 3.89. The summed E-state index contributed by atoms with van der Waals surface area (Å²) in [5.41, 5.74) is 0. The number of allylic oxidation sites excluding steroid dienone is 4. The summed E-state index contributed by atoms with van der Waals surface area (Å²) in [5, 5.41) is 0. The van der Waals surface area contributed by atoms with Gasteiger partial charge >= 0.3 is 0 Å². The average molecular weight is 205 g/mol. The second-order valence-corrected chi connectivity index (χ2v) is 2.67. The Kier molecular flexibility index (Phi) is 1.91. The fraction of sp³-hybridized carbons (Fsp3) is 0.167. The van der Waals surface area contributed by atoms with Gasteiger partial charge in [-0.05, 0) is 35.4 Å². The Hall–Kier alpha value is 0.210. The van der Waals surface area contributed by atoms with Crippen LogP contribution in [0.5, 0.6) is 0 Å². The summed E-state index contributed by atoms with van der Waals surface area (Å²) in [6, 6.07) is 0. The van der Waals surface area contributed by atoms with Crippen LogP contribution in [0.4, 0.5) is 0 Å². The van der Waals surface area contributed by atoms with E-state index in [2.05, 4.69) is 47.2 Å². The molecule has 0 nitrogen and oxygen atoms in total. The van der Waals surface area contributed by atoms with Gasteiger partial charge in [0.15, 0.2) is 0 Å². The van der Waals surface area contributed by atoms with Crippen molar-refractivity contribution in [3.8, 4) is 0 Å². The number of hydrogen-bond donors (Lipinski definition) is 0. The molecule has 0 aromatic rings. The number of rotatable bonds is 0. The second-order valence-electron chi connectivity index (χ2n) is 1.43. The van der Waals surface area contributed by atoms with Crippen LogP contribution in [0.2, 0.25) is 0 Å². The fourth-order valence-electron chi connectivity index (χ4n) is 0.495. The zero-order chi connectivity index (χ0) is 5.11. The molecule has 0 amide bonds. The van der Waals surface area contributed by atoms with Gasteiger partial charge in [-0.3, -0.25) is 0 Å². The Balaban J connectivity index is 2.58. The largest absolute Gasteiger partial charge is 0.0829 e. The summed E-state index contributed by atoms with van der Waals surface area (Å²) in [5.74, 6) is 0. The molecule has 0 spiro atoms. The summed E-state index contributed by atoms with van der Waals surface area (Å²) in [7, 11) is 0. The highest BCUT2D eigenvalue weighted by atomic mass is 127. The lowest BCUT2D eigenvalue weighted by atomic mass is 10.2. The quantitative estimate of drug-likeness (QED) is 0.533. The molecule has 0 aromatic carbocycles. The smallest absolute Gasteiger partial charge is 0.00899 e. The third-order valence-electron chi connectivity index (χ3n) is 0.826. The van der Waals surface area contributed by atoms with Gasteiger partial charge in [-0.15, -0.1) is 0 Å². The minimum Gasteiger partial charge on any atom is -0.0829 e. The first kappa shape index (κ1) is 5.35. The lowest BCUT2D eigenvalue weighted by Gasteiger charge is -1.94. The van der Waals surface area contributed by atoms with E-state index in [4.69, 9.17) is 0 Å². The van der Waals surface area contributed by atoms with Crippen molar-refractivity contribution in [2.75, 3.05) is 0 Å². The lowest BCUT2D eigenvalue weighted by molar-refractivity contribution is 1.27. The van der Waals surface area contributed by atoms with E-state index in [1.165, 1.54) is 3.58 Å². The van der Waals surface area contributed by atoms with Gasteiger partial charge in [0.1, 0.15) is 0 Å². The van der Waals surface area contributed by atoms with Crippen molar-refractivity contribution in [2.24, 2.45) is 0 Å². The molecule has 1 heteroatoms. The Morgan fingerprint density at radius 1 is 1.57 bits per heavy atom. The predicted molar refractivity (Wildman–Crippen MR) is 40.2 cm³/mol. The molecule has 1 rings (SSSR count). The molecule has 0 bridgehead atoms. The monoisotopic (exact) mass is 205 g/mol. The minimum atomic E-state index is 1.10. The Labute approximate surface area is 57.4 Å². The van der Waals surface area contributed by atoms with Crippen molar-refractivity contribution in [3.05, 3.63) is 28.2 Å². The molecule has 0 fully saturated rings. The van der Waals surface area contributed by atoms with Gasteiger partial charge in [0.25, 0.3) is 0 Å². The maximum absolute atomic E-state index is 2.30. The molecule has 1 aliphatic carbocycles. The molecule has 1 aliphatic rings. The van der Waals surface area contributed by atoms with E-state index in [1.54, 1.807) is 0 Å². The van der Waals surface area contributed by atoms with Gasteiger partial charge in [0.2, 0.25) is 0 Å². The summed E-state index contributed by atoms with van der Waals surface area (Å²) < 4.78 is 1.32. The SMILES string of the molecule is IC1=C[CH]CC=C1. The molecular weight excluding hydrogens is 199 g/mol. The highest BCUT2D eigenvalue weighted by Crippen LogP contribution is 2.13. The average Bonchev–Trinajstić information content (AvgIpc) is 1.69. The Morgan fingerprint density at radius 3 is 2.71 bits per heavy atom. The predicted octanol–water partition coefficient (Wildman–Crippen LogP) is 2.47. The summed E-state index contributed by atoms with van der Waals surface area (Å²) in [4.78, 5) is 0. The van der Waals surface area contributed by atoms with Crippen LogP contribution < -0.4 is 0 Å². The first-order valence-corrected chi connectivity index (χ1v) is 3.33. The molecule has 0 saturated carbocycles. The normalized spacial score (nSPS) is 19.3. The molecule has 1 radical (unpaired) electrons. The van der Waals surface area contributed by atoms with Crippen molar-refractivity contribution in [1.82, 2.24) is 0 Å². The number of halogens is 1. The van der Waals surface area contributed by atoms with Crippen LogP contribution in [0.1, 0.15) is 6.42 Å². The van der Waals surface area contributed by atoms with Gasteiger partial charge in [-0.1, -0.05) is 18.2 Å². The van der Waals surface area contributed by atoms with E-state index < -0.39 is 0 Å². The lowest BCUT2D eigenvalue weighted by Crippen LogP contribution is -1.74. The van der Waals surface area contributed by atoms with Crippen LogP contribution in [-0.4, -0.2) is 0 Å². The molecule has 0 atom stereocenters. The minimum absolute atomic E-state index is 1.10. The van der Waals surface area contributed by atoms with Crippen LogP contribution in [0.15, 0.2) is 21.8 Å². The van der Waals surface area contributed by atoms with Crippen LogP contribution >= 0.6 is 22.6 Å². The first-order chi connectivity index (χ1) is 3.39. The highest BCUT2D eigenvalue weighted by Gasteiger charge is 1.88. The van der Waals surface area contributed by atoms with Crippen molar-refractivity contribution in [1.29, 1.82) is 0 Å². The van der Waals surface area contributed by atoms with E-state index in [9.17, 15) is 0 Å². The standard InChI is InChI=1S/C6H6I/c7-6-4-2-1-3-5-6/h2-5H,1H2. The summed E-state index contributed by atoms with van der Waals surface area (Å²) >= 11 is 2.30. The third kappa shape index (κ3) is 1.63. The maximum Gasteiger partial charge on any atom is 0.00899 e. The van der Waals surface area contributed by atoms with Crippen LogP contribution in [-0.2, 0) is 0 Å². The fourth-order valence-corrected chi connectivity index (χ4v) is 1.00. The zero-order valence-corrected chi connectivity index (χ0v) is 6.05. The molecule has 37 valence electrons. The molecule has 0 heterocycles. The number of hydrogen-bond acceptors (Lipinski definition) is 0. The van der Waals surface area contributed by atoms with E-state index in [0.29, 0.717) is 0 Å². The van der Waals surface area contributed by atoms with E-state index in [1.807, 2.05) is 0 Å². The van der Waals surface area contributed by atoms with Crippen LogP contribution in [0.3, 0.4) is 0 Å². The van der Waals surface area contributed by atoms with Gasteiger partial charge in [0, 0.05) is 3.58 Å². The molecule has 0 unspecified atom stereocenters. The highest BCUT2D eigenvalue weighted by molar-refractivity contribution is 14.1. The second kappa shape index (κ2) is 2.50. The van der Waals surface area contributed by atoms with Gasteiger partial charge < -0.3 is 0 Å². The van der Waals surface area contributed by atoms with E-state index >= 15 is 0 Å². The van der Waals surface area contributed by atoms with Crippen molar-refractivity contribution < 1.29 is 0 Å². The third-order valence-corrected chi connectivity index (χ3v) is 1.55. The van der Waals surface area contributed by atoms with Crippen LogP contribution in [0, 0.1) is 6.42 Å². The molecule has 0 aliphatic heterocycles. The van der Waals surface area contributed by atoms with Crippen LogP contribution in [0.25, 0.3) is 0 Å². The topological polar surface area (TPSA) is 0 Å². The molecule has 0 aromatic heterocycles. The van der Waals surface area contributed by atoms with Gasteiger partial charge in [0.05, 0.1) is 0 Å². The Bertz CT molecular complexity index is 111. The molecule has 0 saturated heterocycles. The van der Waals surface area contributed by atoms with Crippen molar-refractivity contribution >= 4 is 22.6 Å². The van der Waals surface area contributed by atoms with Gasteiger partial charge in [-0.2, -0.15) is 0 Å². The summed E-state index contributed by atoms with van der Waals surface area (Å²) in [6.07, 6.45) is 9.66. The summed E-state index contributed by atoms with van der Waals surface area (Å²) in [6.45, 7) is 0. The van der Waals surface area contributed by atoms with Crippen molar-refractivity contribution in [2.45, 2.75) is 6.42 Å². The van der Waals surface area contributed by atoms with E-state index in [-0.39, 0.29) is 0 Å². The van der Waals surface area contributed by atoms with Crippen molar-refractivity contribution in [3.63, 3.8) is 0 Å². The molecule has 0 N–H and O–H groups in total. The molecule has 7 heavy (non-hydrogen) atoms. The van der Waals surface area contributed by atoms with Gasteiger partial charge in [-0.25, -0.2) is 0 Å². The maximum atomic E-state index is 2.30. The Morgan fingerprint density at radius 2 is 2.43 bits per heavy atom. The first-order valence-electron chi connectivity index (χ1n) is 2.25. The molecular formula is C6H6I. The van der Waals surface area contributed by atoms with E-state index in [0.717, 1.165) is 6.42 Å².